The molecule has 0 aliphatic carbocycles. The Morgan fingerprint density at radius 2 is 2.07 bits per heavy atom. The van der Waals surface area contributed by atoms with Crippen LogP contribution in [0.4, 0.5) is 11.5 Å². The lowest BCUT2D eigenvalue weighted by Crippen LogP contribution is -2.43. The molecule has 1 aliphatic heterocycles. The standard InChI is InChI=1S/C20H19ClN4O4/c21-16-8-9-18(22-12-16)23-20(27)15-5-3-11-24(13-15)19(26)10-7-14-4-1-2-6-17(14)25(28)29/h1-2,4,6-10,12,15H,3,5,11,13H2,(H,22,23,27). The van der Waals surface area contributed by atoms with Crippen molar-refractivity contribution < 1.29 is 14.5 Å². The molecule has 1 aromatic carbocycles. The molecule has 29 heavy (non-hydrogen) atoms. The number of para-hydroxylation sites is 1. The van der Waals surface area contributed by atoms with E-state index in [1.165, 1.54) is 24.4 Å². The van der Waals surface area contributed by atoms with Gasteiger partial charge in [-0.1, -0.05) is 23.7 Å². The number of nitro groups is 1. The van der Waals surface area contributed by atoms with E-state index in [-0.39, 0.29) is 30.0 Å². The van der Waals surface area contributed by atoms with Gasteiger partial charge in [-0.3, -0.25) is 19.7 Å². The van der Waals surface area contributed by atoms with Crippen LogP contribution < -0.4 is 5.32 Å². The summed E-state index contributed by atoms with van der Waals surface area (Å²) in [5.41, 5.74) is 0.286. The first-order chi connectivity index (χ1) is 13.9. The molecule has 0 bridgehead atoms. The van der Waals surface area contributed by atoms with Crippen molar-refractivity contribution in [3.8, 4) is 0 Å². The molecule has 2 heterocycles. The summed E-state index contributed by atoms with van der Waals surface area (Å²) in [5, 5.41) is 14.3. The van der Waals surface area contributed by atoms with Gasteiger partial charge in [-0.25, -0.2) is 4.98 Å². The van der Waals surface area contributed by atoms with Gasteiger partial charge in [0.1, 0.15) is 5.82 Å². The highest BCUT2D eigenvalue weighted by Gasteiger charge is 2.28. The highest BCUT2D eigenvalue weighted by atomic mass is 35.5. The van der Waals surface area contributed by atoms with Gasteiger partial charge in [0.25, 0.3) is 5.69 Å². The summed E-state index contributed by atoms with van der Waals surface area (Å²) in [6, 6.07) is 9.45. The summed E-state index contributed by atoms with van der Waals surface area (Å²) in [5.74, 6) is -0.450. The number of carbonyl (C=O) groups is 2. The molecule has 2 aromatic rings. The van der Waals surface area contributed by atoms with E-state index in [0.717, 1.165) is 0 Å². The molecule has 1 saturated heterocycles. The smallest absolute Gasteiger partial charge is 0.276 e. The number of halogens is 1. The van der Waals surface area contributed by atoms with E-state index >= 15 is 0 Å². The number of rotatable bonds is 5. The molecule has 0 spiro atoms. The molecule has 150 valence electrons. The third-order valence-electron chi connectivity index (χ3n) is 4.62. The fourth-order valence-corrected chi connectivity index (χ4v) is 3.24. The first-order valence-electron chi connectivity index (χ1n) is 9.07. The molecule has 1 atom stereocenters. The number of nitro benzene ring substituents is 1. The van der Waals surface area contributed by atoms with Crippen molar-refractivity contribution in [1.82, 2.24) is 9.88 Å². The van der Waals surface area contributed by atoms with E-state index < -0.39 is 4.92 Å². The van der Waals surface area contributed by atoms with Crippen LogP contribution in [0.1, 0.15) is 18.4 Å². The van der Waals surface area contributed by atoms with E-state index in [1.807, 2.05) is 0 Å². The molecule has 2 amide bonds. The number of nitrogens with zero attached hydrogens (tertiary/aromatic N) is 3. The Bertz CT molecular complexity index is 946. The minimum atomic E-state index is -0.490. The quantitative estimate of drug-likeness (QED) is 0.457. The highest BCUT2D eigenvalue weighted by molar-refractivity contribution is 6.30. The van der Waals surface area contributed by atoms with Gasteiger partial charge in [0.05, 0.1) is 21.4 Å². The molecular formula is C20H19ClN4O4. The van der Waals surface area contributed by atoms with Crippen molar-refractivity contribution in [2.24, 2.45) is 5.92 Å². The largest absolute Gasteiger partial charge is 0.338 e. The molecule has 8 nitrogen and oxygen atoms in total. The molecule has 1 aromatic heterocycles. The summed E-state index contributed by atoms with van der Waals surface area (Å²) in [6.45, 7) is 0.808. The number of benzene rings is 1. The van der Waals surface area contributed by atoms with E-state index in [4.69, 9.17) is 11.6 Å². The number of likely N-dealkylation sites (tertiary alicyclic amines) is 1. The zero-order valence-electron chi connectivity index (χ0n) is 15.5. The van der Waals surface area contributed by atoms with Crippen LogP contribution >= 0.6 is 11.6 Å². The van der Waals surface area contributed by atoms with Crippen LogP contribution in [0.3, 0.4) is 0 Å². The van der Waals surface area contributed by atoms with Crippen molar-refractivity contribution in [2.75, 3.05) is 18.4 Å². The summed E-state index contributed by atoms with van der Waals surface area (Å²) in [7, 11) is 0. The number of pyridine rings is 1. The normalized spacial score (nSPS) is 16.6. The van der Waals surface area contributed by atoms with Gasteiger partial charge in [0.2, 0.25) is 11.8 Å². The lowest BCUT2D eigenvalue weighted by atomic mass is 9.97. The topological polar surface area (TPSA) is 105 Å². The second kappa shape index (κ2) is 9.29. The second-order valence-electron chi connectivity index (χ2n) is 6.62. The molecule has 0 saturated carbocycles. The van der Waals surface area contributed by atoms with Gasteiger partial charge >= 0.3 is 0 Å². The summed E-state index contributed by atoms with van der Waals surface area (Å²) in [6.07, 6.45) is 5.54. The second-order valence-corrected chi connectivity index (χ2v) is 7.06. The molecule has 0 radical (unpaired) electrons. The first kappa shape index (κ1) is 20.5. The zero-order valence-corrected chi connectivity index (χ0v) is 16.2. The Balaban J connectivity index is 1.62. The predicted molar refractivity (Wildman–Crippen MR) is 109 cm³/mol. The van der Waals surface area contributed by atoms with Gasteiger partial charge in [0, 0.05) is 31.4 Å². The monoisotopic (exact) mass is 414 g/mol. The van der Waals surface area contributed by atoms with Crippen molar-refractivity contribution in [2.45, 2.75) is 12.8 Å². The SMILES string of the molecule is O=C(Nc1ccc(Cl)cn1)C1CCCN(C(=O)C=Cc2ccccc2[N+](=O)[O-])C1. The van der Waals surface area contributed by atoms with Crippen molar-refractivity contribution in [3.05, 3.63) is 69.4 Å². The maximum atomic E-state index is 12.5. The van der Waals surface area contributed by atoms with E-state index in [2.05, 4.69) is 10.3 Å². The van der Waals surface area contributed by atoms with Crippen molar-refractivity contribution in [3.63, 3.8) is 0 Å². The Labute approximate surface area is 172 Å². The Hall–Kier alpha value is -3.26. The van der Waals surface area contributed by atoms with Gasteiger partial charge in [-0.2, -0.15) is 0 Å². The molecule has 1 fully saturated rings. The summed E-state index contributed by atoms with van der Waals surface area (Å²) < 4.78 is 0. The van der Waals surface area contributed by atoms with Crippen molar-refractivity contribution >= 4 is 41.0 Å². The molecular weight excluding hydrogens is 396 g/mol. The van der Waals surface area contributed by atoms with Crippen LogP contribution in [0.25, 0.3) is 6.08 Å². The number of piperidine rings is 1. The number of amides is 2. The minimum absolute atomic E-state index is 0.0667. The average Bonchev–Trinajstić information content (AvgIpc) is 2.73. The van der Waals surface area contributed by atoms with Crippen LogP contribution in [-0.2, 0) is 9.59 Å². The third kappa shape index (κ3) is 5.39. The maximum absolute atomic E-state index is 12.5. The Morgan fingerprint density at radius 1 is 1.28 bits per heavy atom. The number of aromatic nitrogens is 1. The van der Waals surface area contributed by atoms with Crippen LogP contribution in [0.5, 0.6) is 0 Å². The van der Waals surface area contributed by atoms with Crippen LogP contribution in [0.15, 0.2) is 48.7 Å². The van der Waals surface area contributed by atoms with Crippen LogP contribution in [0.2, 0.25) is 5.02 Å². The number of carbonyl (C=O) groups excluding carboxylic acids is 2. The third-order valence-corrected chi connectivity index (χ3v) is 4.85. The zero-order chi connectivity index (χ0) is 20.8. The van der Waals surface area contributed by atoms with E-state index in [1.54, 1.807) is 35.2 Å². The van der Waals surface area contributed by atoms with Gasteiger partial charge in [-0.05, 0) is 37.1 Å². The Kier molecular flexibility index (Phi) is 6.56. The molecule has 1 N–H and O–H groups in total. The molecule has 3 rings (SSSR count). The van der Waals surface area contributed by atoms with Crippen molar-refractivity contribution in [1.29, 1.82) is 0 Å². The highest BCUT2D eigenvalue weighted by Crippen LogP contribution is 2.21. The maximum Gasteiger partial charge on any atom is 0.276 e. The lowest BCUT2D eigenvalue weighted by molar-refractivity contribution is -0.385. The Morgan fingerprint density at radius 3 is 2.79 bits per heavy atom. The first-order valence-corrected chi connectivity index (χ1v) is 9.44. The number of hydrogen-bond donors (Lipinski definition) is 1. The van der Waals surface area contributed by atoms with Gasteiger partial charge in [0.15, 0.2) is 0 Å². The van der Waals surface area contributed by atoms with Gasteiger partial charge < -0.3 is 10.2 Å². The number of hydrogen-bond acceptors (Lipinski definition) is 5. The molecule has 1 aliphatic rings. The fourth-order valence-electron chi connectivity index (χ4n) is 3.13. The van der Waals surface area contributed by atoms with E-state index in [0.29, 0.717) is 35.8 Å². The minimum Gasteiger partial charge on any atom is -0.338 e. The molecule has 1 unspecified atom stereocenters. The summed E-state index contributed by atoms with van der Waals surface area (Å²) in [4.78, 5) is 41.2. The number of nitrogens with one attached hydrogen (secondary N) is 1. The van der Waals surface area contributed by atoms with Gasteiger partial charge in [-0.15, -0.1) is 0 Å². The lowest BCUT2D eigenvalue weighted by Gasteiger charge is -2.31. The predicted octanol–water partition coefficient (Wildman–Crippen LogP) is 3.53. The van der Waals surface area contributed by atoms with Crippen LogP contribution in [0, 0.1) is 16.0 Å². The fraction of sp³-hybridized carbons (Fsp3) is 0.250. The van der Waals surface area contributed by atoms with E-state index in [9.17, 15) is 19.7 Å². The average molecular weight is 415 g/mol. The number of anilines is 1. The molecule has 9 heteroatoms. The van der Waals surface area contributed by atoms with Crippen LogP contribution in [-0.4, -0.2) is 39.7 Å². The summed E-state index contributed by atoms with van der Waals surface area (Å²) >= 11 is 5.79.